The smallest absolute Gasteiger partial charge is 0.319 e. The minimum absolute atomic E-state index is 0.105. The van der Waals surface area contributed by atoms with Crippen molar-refractivity contribution in [2.75, 3.05) is 23.7 Å². The number of benzene rings is 2. The molecule has 0 radical (unpaired) electrons. The van der Waals surface area contributed by atoms with Crippen LogP contribution in [0.15, 0.2) is 48.5 Å². The van der Waals surface area contributed by atoms with Crippen LogP contribution in [-0.4, -0.2) is 19.1 Å². The Bertz CT molecular complexity index is 1080. The highest BCUT2D eigenvalue weighted by Gasteiger charge is 2.03. The average Bonchev–Trinajstić information content (AvgIpc) is 3.18. The van der Waals surface area contributed by atoms with Gasteiger partial charge in [-0.15, -0.1) is 0 Å². The first-order valence-electron chi connectivity index (χ1n) is 23.7. The van der Waals surface area contributed by atoms with Crippen LogP contribution >= 0.6 is 0 Å². The molecule has 0 bridgehead atoms. The van der Waals surface area contributed by atoms with Crippen molar-refractivity contribution in [3.8, 4) is 0 Å². The van der Waals surface area contributed by atoms with E-state index in [4.69, 9.17) is 0 Å². The molecule has 0 aromatic heterocycles. The SMILES string of the molecule is CCCCCCCCCCCCCCCCCCNC(=O)Nc1ccc(Cc2ccc(NCCCCCCCCCCCCCCCCCC)cc2)cc1. The third kappa shape index (κ3) is 28.9. The van der Waals surface area contributed by atoms with Crippen molar-refractivity contribution in [2.24, 2.45) is 0 Å². The minimum Gasteiger partial charge on any atom is -0.385 e. The van der Waals surface area contributed by atoms with E-state index in [-0.39, 0.29) is 6.03 Å². The van der Waals surface area contributed by atoms with Gasteiger partial charge in [0.2, 0.25) is 0 Å². The summed E-state index contributed by atoms with van der Waals surface area (Å²) in [6.45, 7) is 6.38. The monoisotopic (exact) mass is 746 g/mol. The Morgan fingerprint density at radius 1 is 0.370 bits per heavy atom. The number of amides is 2. The number of hydrogen-bond donors (Lipinski definition) is 3. The average molecular weight is 746 g/mol. The number of carbonyl (C=O) groups is 1. The molecule has 0 fully saturated rings. The van der Waals surface area contributed by atoms with Crippen LogP contribution in [0.3, 0.4) is 0 Å². The highest BCUT2D eigenvalue weighted by molar-refractivity contribution is 5.89. The topological polar surface area (TPSA) is 53.2 Å². The van der Waals surface area contributed by atoms with Gasteiger partial charge in [0.15, 0.2) is 0 Å². The summed E-state index contributed by atoms with van der Waals surface area (Å²) in [5, 5.41) is 9.63. The second-order valence-electron chi connectivity index (χ2n) is 16.5. The molecular formula is C50H87N3O. The van der Waals surface area contributed by atoms with Crippen LogP contribution in [0.5, 0.6) is 0 Å². The van der Waals surface area contributed by atoms with E-state index in [1.165, 1.54) is 216 Å². The molecule has 2 aromatic carbocycles. The quantitative estimate of drug-likeness (QED) is 0.0600. The molecule has 2 aromatic rings. The van der Waals surface area contributed by atoms with Gasteiger partial charge in [0, 0.05) is 24.5 Å². The molecule has 2 rings (SSSR count). The molecule has 0 aliphatic rings. The lowest BCUT2D eigenvalue weighted by atomic mass is 10.0. The summed E-state index contributed by atoms with van der Waals surface area (Å²) in [5.74, 6) is 0. The van der Waals surface area contributed by atoms with Crippen molar-refractivity contribution < 1.29 is 4.79 Å². The van der Waals surface area contributed by atoms with Crippen molar-refractivity contribution >= 4 is 17.4 Å². The van der Waals surface area contributed by atoms with E-state index >= 15 is 0 Å². The lowest BCUT2D eigenvalue weighted by Gasteiger charge is -2.10. The van der Waals surface area contributed by atoms with Gasteiger partial charge in [-0.25, -0.2) is 4.79 Å². The molecule has 0 aliphatic heterocycles. The fraction of sp³-hybridized carbons (Fsp3) is 0.740. The van der Waals surface area contributed by atoms with E-state index < -0.39 is 0 Å². The fourth-order valence-corrected chi connectivity index (χ4v) is 7.64. The first-order valence-corrected chi connectivity index (χ1v) is 23.7. The number of urea groups is 1. The van der Waals surface area contributed by atoms with Crippen LogP contribution in [0.4, 0.5) is 16.2 Å². The maximum absolute atomic E-state index is 12.4. The second-order valence-corrected chi connectivity index (χ2v) is 16.5. The highest BCUT2D eigenvalue weighted by Crippen LogP contribution is 2.18. The lowest BCUT2D eigenvalue weighted by Crippen LogP contribution is -2.29. The van der Waals surface area contributed by atoms with Gasteiger partial charge >= 0.3 is 6.03 Å². The minimum atomic E-state index is -0.105. The summed E-state index contributed by atoms with van der Waals surface area (Å²) in [6, 6.07) is 17.0. The number of unbranched alkanes of at least 4 members (excludes halogenated alkanes) is 30. The molecule has 0 saturated carbocycles. The van der Waals surface area contributed by atoms with Crippen molar-refractivity contribution in [2.45, 2.75) is 226 Å². The number of rotatable bonds is 38. The van der Waals surface area contributed by atoms with Crippen molar-refractivity contribution in [3.05, 3.63) is 59.7 Å². The van der Waals surface area contributed by atoms with Gasteiger partial charge in [-0.3, -0.25) is 0 Å². The lowest BCUT2D eigenvalue weighted by molar-refractivity contribution is 0.252. The summed E-state index contributed by atoms with van der Waals surface area (Å²) < 4.78 is 0. The van der Waals surface area contributed by atoms with Crippen LogP contribution in [0.25, 0.3) is 0 Å². The molecule has 4 heteroatoms. The van der Waals surface area contributed by atoms with E-state index in [0.717, 1.165) is 31.6 Å². The van der Waals surface area contributed by atoms with Gasteiger partial charge in [-0.1, -0.05) is 231 Å². The Kier molecular flexibility index (Phi) is 31.9. The van der Waals surface area contributed by atoms with Gasteiger partial charge in [-0.2, -0.15) is 0 Å². The van der Waals surface area contributed by atoms with E-state index in [0.29, 0.717) is 0 Å². The maximum Gasteiger partial charge on any atom is 0.319 e. The van der Waals surface area contributed by atoms with Gasteiger partial charge < -0.3 is 16.0 Å². The molecular weight excluding hydrogens is 659 g/mol. The molecule has 4 nitrogen and oxygen atoms in total. The molecule has 0 unspecified atom stereocenters. The van der Waals surface area contributed by atoms with E-state index in [1.54, 1.807) is 0 Å². The Morgan fingerprint density at radius 2 is 0.667 bits per heavy atom. The van der Waals surface area contributed by atoms with E-state index in [2.05, 4.69) is 66.2 Å². The zero-order valence-electron chi connectivity index (χ0n) is 35.8. The first kappa shape index (κ1) is 47.7. The van der Waals surface area contributed by atoms with Gasteiger partial charge in [0.25, 0.3) is 0 Å². The van der Waals surface area contributed by atoms with Crippen LogP contribution in [0, 0.1) is 0 Å². The number of anilines is 2. The first-order chi connectivity index (χ1) is 26.7. The fourth-order valence-electron chi connectivity index (χ4n) is 7.64. The molecule has 0 spiro atoms. The Labute approximate surface area is 335 Å². The summed E-state index contributed by atoms with van der Waals surface area (Å²) in [6.07, 6.45) is 45.3. The molecule has 0 saturated heterocycles. The number of hydrogen-bond acceptors (Lipinski definition) is 2. The van der Waals surface area contributed by atoms with Crippen molar-refractivity contribution in [1.82, 2.24) is 5.32 Å². The summed E-state index contributed by atoms with van der Waals surface area (Å²) in [4.78, 5) is 12.4. The molecule has 3 N–H and O–H groups in total. The molecule has 0 atom stereocenters. The van der Waals surface area contributed by atoms with E-state index in [1.807, 2.05) is 12.1 Å². The van der Waals surface area contributed by atoms with Crippen molar-refractivity contribution in [1.29, 1.82) is 0 Å². The Hall–Kier alpha value is -2.49. The largest absolute Gasteiger partial charge is 0.385 e. The van der Waals surface area contributed by atoms with Gasteiger partial charge in [0.05, 0.1) is 0 Å². The van der Waals surface area contributed by atoms with E-state index in [9.17, 15) is 4.79 Å². The van der Waals surface area contributed by atoms with Crippen LogP contribution in [-0.2, 0) is 6.42 Å². The third-order valence-electron chi connectivity index (χ3n) is 11.2. The summed E-state index contributed by atoms with van der Waals surface area (Å²) in [5.41, 5.74) is 4.62. The molecule has 0 heterocycles. The van der Waals surface area contributed by atoms with Crippen molar-refractivity contribution in [3.63, 3.8) is 0 Å². The second kappa shape index (κ2) is 36.2. The van der Waals surface area contributed by atoms with Gasteiger partial charge in [-0.05, 0) is 54.7 Å². The number of nitrogens with one attached hydrogen (secondary N) is 3. The van der Waals surface area contributed by atoms with Crippen LogP contribution in [0.2, 0.25) is 0 Å². The van der Waals surface area contributed by atoms with Gasteiger partial charge in [0.1, 0.15) is 0 Å². The third-order valence-corrected chi connectivity index (χ3v) is 11.2. The Morgan fingerprint density at radius 3 is 1.02 bits per heavy atom. The van der Waals surface area contributed by atoms with Crippen LogP contribution < -0.4 is 16.0 Å². The molecule has 308 valence electrons. The standard InChI is InChI=1S/C50H87N3O/c1-3-5-7-9-11-13-15-17-19-21-23-25-27-29-31-33-43-51-48-39-35-46(36-40-48)45-47-37-41-49(42-38-47)53-50(54)52-44-34-32-30-28-26-24-22-20-18-16-14-12-10-8-6-4-2/h35-42,51H,3-34,43-45H2,1-2H3,(H2,52,53,54). The Balaban J connectivity index is 1.39. The zero-order valence-corrected chi connectivity index (χ0v) is 35.8. The molecule has 2 amide bonds. The summed E-state index contributed by atoms with van der Waals surface area (Å²) >= 11 is 0. The molecule has 0 aliphatic carbocycles. The molecule has 54 heavy (non-hydrogen) atoms. The predicted molar refractivity (Wildman–Crippen MR) is 240 cm³/mol. The number of carbonyl (C=O) groups excluding carboxylic acids is 1. The van der Waals surface area contributed by atoms with Crippen LogP contribution in [0.1, 0.15) is 230 Å². The normalized spacial score (nSPS) is 11.2. The highest BCUT2D eigenvalue weighted by atomic mass is 16.2. The maximum atomic E-state index is 12.4. The zero-order chi connectivity index (χ0) is 38.4. The predicted octanol–water partition coefficient (Wildman–Crippen LogP) is 16.3. The summed E-state index contributed by atoms with van der Waals surface area (Å²) in [7, 11) is 0.